The molecule has 0 amide bonds. The summed E-state index contributed by atoms with van der Waals surface area (Å²) in [6, 6.07) is 0. The van der Waals surface area contributed by atoms with E-state index in [9.17, 15) is 9.69 Å². The molecule has 204 valence electrons. The quantitative estimate of drug-likeness (QED) is 0.0735. The molecule has 2 atom stereocenters. The van der Waals surface area contributed by atoms with Crippen molar-refractivity contribution in [2.75, 3.05) is 33.9 Å². The van der Waals surface area contributed by atoms with Gasteiger partial charge in [-0.3, -0.25) is 4.79 Å². The zero-order valence-electron chi connectivity index (χ0n) is 22.9. The van der Waals surface area contributed by atoms with E-state index in [0.29, 0.717) is 6.61 Å². The molecule has 0 aromatic carbocycles. The van der Waals surface area contributed by atoms with E-state index in [0.717, 1.165) is 32.2 Å². The second kappa shape index (κ2) is 25.8. The summed E-state index contributed by atoms with van der Waals surface area (Å²) >= 11 is 0. The average molecular weight is 506 g/mol. The van der Waals surface area contributed by atoms with Crippen LogP contribution in [-0.2, 0) is 18.6 Å². The topological polar surface area (TPSA) is 68.2 Å². The summed E-state index contributed by atoms with van der Waals surface area (Å²) in [6.07, 6.45) is 22.7. The number of nitrogens with zero attached hydrogens (tertiary/aromatic N) is 1. The van der Waals surface area contributed by atoms with Gasteiger partial charge in [0.2, 0.25) is 0 Å². The summed E-state index contributed by atoms with van der Waals surface area (Å²) in [7, 11) is 2.08. The highest BCUT2D eigenvalue weighted by molar-refractivity contribution is 7.40. The van der Waals surface area contributed by atoms with Crippen molar-refractivity contribution < 1.29 is 23.5 Å². The van der Waals surface area contributed by atoms with Crippen molar-refractivity contribution in [2.45, 2.75) is 136 Å². The van der Waals surface area contributed by atoms with Gasteiger partial charge in [0.15, 0.2) is 0 Å². The number of unbranched alkanes of at least 4 members (excludes halogenated alkanes) is 15. The number of carbonyl (C=O) groups is 1. The van der Waals surface area contributed by atoms with Gasteiger partial charge in [-0.25, -0.2) is 0 Å². The van der Waals surface area contributed by atoms with Crippen molar-refractivity contribution in [1.82, 2.24) is 4.90 Å². The molecule has 0 saturated heterocycles. The Labute approximate surface area is 212 Å². The lowest BCUT2D eigenvalue weighted by molar-refractivity contribution is -0.148. The Kier molecular flexibility index (Phi) is 25.6. The number of esters is 1. The van der Waals surface area contributed by atoms with E-state index in [1.807, 2.05) is 14.1 Å². The third kappa shape index (κ3) is 26.3. The predicted molar refractivity (Wildman–Crippen MR) is 144 cm³/mol. The molecule has 0 aliphatic rings. The molecule has 0 saturated carbocycles. The molecular weight excluding hydrogens is 449 g/mol. The van der Waals surface area contributed by atoms with Crippen molar-refractivity contribution in [2.24, 2.45) is 0 Å². The van der Waals surface area contributed by atoms with Crippen molar-refractivity contribution in [3.8, 4) is 0 Å². The average Bonchev–Trinajstić information content (AvgIpc) is 2.79. The van der Waals surface area contributed by atoms with Crippen LogP contribution in [0.4, 0.5) is 0 Å². The smallest absolute Gasteiger partial charge is 0.329 e. The van der Waals surface area contributed by atoms with Crippen LogP contribution in [0.3, 0.4) is 0 Å². The zero-order valence-corrected chi connectivity index (χ0v) is 23.8. The molecule has 2 unspecified atom stereocenters. The highest BCUT2D eigenvalue weighted by atomic mass is 31.2. The lowest BCUT2D eigenvalue weighted by atomic mass is 10.0. The first kappa shape index (κ1) is 33.7. The van der Waals surface area contributed by atoms with E-state index in [2.05, 4.69) is 11.8 Å². The Morgan fingerprint density at radius 3 is 1.68 bits per heavy atom. The predicted octanol–water partition coefficient (Wildman–Crippen LogP) is 7.77. The zero-order chi connectivity index (χ0) is 25.3. The van der Waals surface area contributed by atoms with Gasteiger partial charge in [-0.15, -0.1) is 0 Å². The van der Waals surface area contributed by atoms with Gasteiger partial charge >= 0.3 is 14.6 Å². The molecule has 0 aromatic rings. The highest BCUT2D eigenvalue weighted by Gasteiger charge is 2.16. The number of hydrogen-bond donors (Lipinski definition) is 1. The fraction of sp³-hybridized carbons (Fsp3) is 0.963. The van der Waals surface area contributed by atoms with Gasteiger partial charge in [-0.1, -0.05) is 103 Å². The number of hydrogen-bond acceptors (Lipinski definition) is 6. The molecule has 1 N–H and O–H groups in total. The molecule has 0 heterocycles. The summed E-state index contributed by atoms with van der Waals surface area (Å²) in [5, 5.41) is 0. The van der Waals surface area contributed by atoms with E-state index in [4.69, 9.17) is 13.8 Å². The summed E-state index contributed by atoms with van der Waals surface area (Å²) in [5.41, 5.74) is 0. The van der Waals surface area contributed by atoms with Crippen LogP contribution in [0.25, 0.3) is 0 Å². The summed E-state index contributed by atoms with van der Waals surface area (Å²) in [4.78, 5) is 23.3. The van der Waals surface area contributed by atoms with E-state index >= 15 is 0 Å². The minimum absolute atomic E-state index is 0.189. The van der Waals surface area contributed by atoms with Gasteiger partial charge in [0.1, 0.15) is 6.10 Å². The molecule has 0 rings (SSSR count). The Balaban J connectivity index is 3.60. The first-order valence-corrected chi connectivity index (χ1v) is 15.2. The summed E-state index contributed by atoms with van der Waals surface area (Å²) < 4.78 is 16.1. The van der Waals surface area contributed by atoms with Crippen molar-refractivity contribution in [1.29, 1.82) is 0 Å². The lowest BCUT2D eigenvalue weighted by Crippen LogP contribution is -2.21. The molecule has 0 fully saturated rings. The molecule has 0 aliphatic heterocycles. The number of carbonyl (C=O) groups excluding carboxylic acids is 1. The Morgan fingerprint density at radius 1 is 0.765 bits per heavy atom. The minimum Gasteiger partial charge on any atom is -0.460 e. The maximum absolute atomic E-state index is 11.4. The minimum atomic E-state index is -1.92. The standard InChI is InChI=1S/C27H56NO5P/c1-5-6-7-8-9-10-11-12-13-14-15-16-17-18-19-20-22-27(33-26(2)29)25-32-34(30)31-24-21-23-28(3)4/h27,30H,5-25H2,1-4H3. The van der Waals surface area contributed by atoms with E-state index in [1.54, 1.807) is 0 Å². The fourth-order valence-corrected chi connectivity index (χ4v) is 4.69. The molecule has 0 spiro atoms. The fourth-order valence-electron chi connectivity index (χ4n) is 4.04. The van der Waals surface area contributed by atoms with Gasteiger partial charge in [-0.05, 0) is 39.9 Å². The summed E-state index contributed by atoms with van der Waals surface area (Å²) in [6.45, 7) is 5.24. The highest BCUT2D eigenvalue weighted by Crippen LogP contribution is 2.33. The molecule has 34 heavy (non-hydrogen) atoms. The number of ether oxygens (including phenoxy) is 1. The monoisotopic (exact) mass is 505 g/mol. The van der Waals surface area contributed by atoms with E-state index in [-0.39, 0.29) is 18.7 Å². The number of rotatable bonds is 26. The summed E-state index contributed by atoms with van der Waals surface area (Å²) in [5.74, 6) is -0.306. The van der Waals surface area contributed by atoms with Crippen LogP contribution < -0.4 is 0 Å². The molecule has 0 bridgehead atoms. The van der Waals surface area contributed by atoms with Gasteiger partial charge < -0.3 is 23.6 Å². The van der Waals surface area contributed by atoms with Crippen LogP contribution in [0, 0.1) is 0 Å². The van der Waals surface area contributed by atoms with Gasteiger partial charge in [0.25, 0.3) is 0 Å². The molecule has 0 aromatic heterocycles. The van der Waals surface area contributed by atoms with Crippen LogP contribution in [0.1, 0.15) is 129 Å². The maximum Gasteiger partial charge on any atom is 0.329 e. The van der Waals surface area contributed by atoms with Gasteiger partial charge in [0.05, 0.1) is 13.2 Å². The first-order valence-electron chi connectivity index (χ1n) is 14.0. The molecule has 0 radical (unpaired) electrons. The van der Waals surface area contributed by atoms with Gasteiger partial charge in [-0.2, -0.15) is 0 Å². The van der Waals surface area contributed by atoms with Crippen LogP contribution in [0.2, 0.25) is 0 Å². The Hall–Kier alpha value is -0.260. The Bertz CT molecular complexity index is 439. The van der Waals surface area contributed by atoms with Crippen molar-refractivity contribution >= 4 is 14.6 Å². The van der Waals surface area contributed by atoms with Crippen molar-refractivity contribution in [3.63, 3.8) is 0 Å². The maximum atomic E-state index is 11.4. The SMILES string of the molecule is CCCCCCCCCCCCCCCCCCC(COP(O)OCCCN(C)C)OC(C)=O. The van der Waals surface area contributed by atoms with E-state index < -0.39 is 8.60 Å². The van der Waals surface area contributed by atoms with Crippen LogP contribution in [-0.4, -0.2) is 55.7 Å². The largest absolute Gasteiger partial charge is 0.460 e. The van der Waals surface area contributed by atoms with Crippen molar-refractivity contribution in [3.05, 3.63) is 0 Å². The lowest BCUT2D eigenvalue weighted by Gasteiger charge is -2.19. The second-order valence-corrected chi connectivity index (χ2v) is 10.8. The first-order chi connectivity index (χ1) is 16.5. The molecule has 6 nitrogen and oxygen atoms in total. The van der Waals surface area contributed by atoms with Crippen LogP contribution in [0.15, 0.2) is 0 Å². The third-order valence-corrected chi connectivity index (χ3v) is 6.81. The van der Waals surface area contributed by atoms with E-state index in [1.165, 1.54) is 96.8 Å². The van der Waals surface area contributed by atoms with Gasteiger partial charge in [0, 0.05) is 6.92 Å². The van der Waals surface area contributed by atoms with Crippen LogP contribution in [0.5, 0.6) is 0 Å². The Morgan fingerprint density at radius 2 is 1.24 bits per heavy atom. The normalized spacial score (nSPS) is 13.4. The molecule has 0 aliphatic carbocycles. The second-order valence-electron chi connectivity index (χ2n) is 9.85. The molecular formula is C27H56NO5P. The third-order valence-electron chi connectivity index (χ3n) is 6.03. The van der Waals surface area contributed by atoms with Crippen LogP contribution >= 0.6 is 8.60 Å². The molecule has 7 heteroatoms.